The first-order valence-electron chi connectivity index (χ1n) is 8.24. The van der Waals surface area contributed by atoms with Crippen molar-refractivity contribution in [3.63, 3.8) is 0 Å². The van der Waals surface area contributed by atoms with Crippen LogP contribution in [0.5, 0.6) is 0 Å². The number of nitrogens with one attached hydrogen (secondary N) is 2. The summed E-state index contributed by atoms with van der Waals surface area (Å²) in [6, 6.07) is 12.5. The molecule has 1 aliphatic heterocycles. The van der Waals surface area contributed by atoms with Crippen molar-refractivity contribution in [2.75, 3.05) is 11.9 Å². The summed E-state index contributed by atoms with van der Waals surface area (Å²) in [5.74, 6) is 0.960. The van der Waals surface area contributed by atoms with Crippen LogP contribution in [0.3, 0.4) is 0 Å². The van der Waals surface area contributed by atoms with Gasteiger partial charge in [-0.3, -0.25) is 4.79 Å². The van der Waals surface area contributed by atoms with Crippen LogP contribution in [0.15, 0.2) is 36.4 Å². The van der Waals surface area contributed by atoms with Crippen molar-refractivity contribution in [2.45, 2.75) is 39.3 Å². The molecule has 130 valence electrons. The molecule has 1 aliphatic rings. The minimum atomic E-state index is 0. The maximum atomic E-state index is 12.5. The molecule has 0 bridgehead atoms. The van der Waals surface area contributed by atoms with Crippen LogP contribution in [0, 0.1) is 12.8 Å². The lowest BCUT2D eigenvalue weighted by Crippen LogP contribution is -2.40. The third-order valence-electron chi connectivity index (χ3n) is 4.32. The number of anilines is 1. The van der Waals surface area contributed by atoms with Crippen LogP contribution in [0.4, 0.5) is 5.82 Å². The number of carbonyl (C=O) groups is 1. The van der Waals surface area contributed by atoms with Crippen molar-refractivity contribution in [3.05, 3.63) is 47.7 Å². The fraction of sp³-hybridized carbons (Fsp3) is 0.444. The minimum absolute atomic E-state index is 0. The van der Waals surface area contributed by atoms with E-state index in [0.29, 0.717) is 12.6 Å². The Morgan fingerprint density at radius 3 is 2.83 bits per heavy atom. The minimum Gasteiger partial charge on any atom is -0.314 e. The summed E-state index contributed by atoms with van der Waals surface area (Å²) < 4.78 is 1.87. The van der Waals surface area contributed by atoms with Gasteiger partial charge in [-0.2, -0.15) is 5.10 Å². The van der Waals surface area contributed by atoms with E-state index in [0.717, 1.165) is 30.9 Å². The molecule has 0 saturated carbocycles. The molecule has 0 radical (unpaired) electrons. The molecule has 1 amide bonds. The maximum absolute atomic E-state index is 12.5. The number of benzene rings is 1. The van der Waals surface area contributed by atoms with Gasteiger partial charge in [0.1, 0.15) is 5.82 Å². The van der Waals surface area contributed by atoms with Crippen LogP contribution in [0.25, 0.3) is 0 Å². The van der Waals surface area contributed by atoms with Gasteiger partial charge >= 0.3 is 0 Å². The van der Waals surface area contributed by atoms with Crippen molar-refractivity contribution in [1.29, 1.82) is 0 Å². The van der Waals surface area contributed by atoms with Crippen molar-refractivity contribution in [3.8, 4) is 0 Å². The van der Waals surface area contributed by atoms with Gasteiger partial charge in [0, 0.05) is 18.0 Å². The summed E-state index contributed by atoms with van der Waals surface area (Å²) in [5.41, 5.74) is 2.08. The van der Waals surface area contributed by atoms with Crippen molar-refractivity contribution in [1.82, 2.24) is 15.1 Å². The standard InChI is InChI=1S/C18H24N4O.ClH/c1-13-10-16(8-9-19-13)18(23)20-17-11-14(2)21-22(17)12-15-6-4-3-5-7-15;/h3-7,11,13,16,19H,8-10,12H2,1-2H3,(H,20,23);1H/t13-,16-;/m0./s1. The number of amides is 1. The predicted octanol–water partition coefficient (Wildman–Crippen LogP) is 2.99. The summed E-state index contributed by atoms with van der Waals surface area (Å²) in [6.07, 6.45) is 1.78. The fourth-order valence-electron chi connectivity index (χ4n) is 3.12. The molecule has 5 nitrogen and oxygen atoms in total. The Labute approximate surface area is 149 Å². The SMILES string of the molecule is Cc1cc(NC(=O)[C@H]2CCN[C@@H](C)C2)n(Cc2ccccc2)n1.Cl. The molecular weight excluding hydrogens is 324 g/mol. The van der Waals surface area contributed by atoms with Crippen LogP contribution in [0.1, 0.15) is 31.0 Å². The molecule has 0 aliphatic carbocycles. The Hall–Kier alpha value is -1.85. The second-order valence-electron chi connectivity index (χ2n) is 6.38. The van der Waals surface area contributed by atoms with Crippen molar-refractivity contribution in [2.24, 2.45) is 5.92 Å². The van der Waals surface area contributed by atoms with Gasteiger partial charge in [0.2, 0.25) is 5.91 Å². The van der Waals surface area contributed by atoms with Gasteiger partial charge in [-0.25, -0.2) is 4.68 Å². The van der Waals surface area contributed by atoms with Gasteiger partial charge in [0.25, 0.3) is 0 Å². The fourth-order valence-corrected chi connectivity index (χ4v) is 3.12. The summed E-state index contributed by atoms with van der Waals surface area (Å²) in [7, 11) is 0. The van der Waals surface area contributed by atoms with Crippen molar-refractivity contribution < 1.29 is 4.79 Å². The summed E-state index contributed by atoms with van der Waals surface area (Å²) in [4.78, 5) is 12.5. The molecule has 0 unspecified atom stereocenters. The average molecular weight is 349 g/mol. The largest absolute Gasteiger partial charge is 0.314 e. The van der Waals surface area contributed by atoms with E-state index in [1.807, 2.05) is 35.9 Å². The van der Waals surface area contributed by atoms with Crippen molar-refractivity contribution >= 4 is 24.1 Å². The molecule has 24 heavy (non-hydrogen) atoms. The zero-order chi connectivity index (χ0) is 16.2. The monoisotopic (exact) mass is 348 g/mol. The molecule has 0 spiro atoms. The lowest BCUT2D eigenvalue weighted by molar-refractivity contribution is -0.120. The van der Waals surface area contributed by atoms with Crippen LogP contribution in [0.2, 0.25) is 0 Å². The van der Waals surface area contributed by atoms with Crippen LogP contribution < -0.4 is 10.6 Å². The van der Waals surface area contributed by atoms with E-state index in [2.05, 4.69) is 34.8 Å². The van der Waals surface area contributed by atoms with E-state index in [1.165, 1.54) is 5.56 Å². The molecule has 2 N–H and O–H groups in total. The Morgan fingerprint density at radius 1 is 1.38 bits per heavy atom. The molecule has 6 heteroatoms. The summed E-state index contributed by atoms with van der Waals surface area (Å²) >= 11 is 0. The number of halogens is 1. The van der Waals surface area contributed by atoms with E-state index < -0.39 is 0 Å². The van der Waals surface area contributed by atoms with Gasteiger partial charge in [0.05, 0.1) is 12.2 Å². The third-order valence-corrected chi connectivity index (χ3v) is 4.32. The smallest absolute Gasteiger partial charge is 0.228 e. The second-order valence-corrected chi connectivity index (χ2v) is 6.38. The summed E-state index contributed by atoms with van der Waals surface area (Å²) in [6.45, 7) is 5.64. The number of rotatable bonds is 4. The zero-order valence-electron chi connectivity index (χ0n) is 14.2. The highest BCUT2D eigenvalue weighted by Gasteiger charge is 2.25. The Bertz CT molecular complexity index is 671. The molecule has 1 aromatic carbocycles. The van der Waals surface area contributed by atoms with E-state index >= 15 is 0 Å². The summed E-state index contributed by atoms with van der Waals surface area (Å²) in [5, 5.41) is 11.0. The van der Waals surface area contributed by atoms with Gasteiger partial charge < -0.3 is 10.6 Å². The molecule has 1 fully saturated rings. The maximum Gasteiger partial charge on any atom is 0.228 e. The first-order valence-corrected chi connectivity index (χ1v) is 8.24. The van der Waals surface area contributed by atoms with E-state index in [-0.39, 0.29) is 24.2 Å². The van der Waals surface area contributed by atoms with E-state index in [9.17, 15) is 4.79 Å². The number of hydrogen-bond donors (Lipinski definition) is 2. The van der Waals surface area contributed by atoms with Gasteiger partial charge in [-0.15, -0.1) is 12.4 Å². The molecular formula is C18H25ClN4O. The Kier molecular flexibility index (Phi) is 6.40. The van der Waals surface area contributed by atoms with Crippen LogP contribution >= 0.6 is 12.4 Å². The number of piperidine rings is 1. The first-order chi connectivity index (χ1) is 11.1. The zero-order valence-corrected chi connectivity index (χ0v) is 15.0. The number of aryl methyl sites for hydroxylation is 1. The third kappa shape index (κ3) is 4.58. The lowest BCUT2D eigenvalue weighted by Gasteiger charge is -2.27. The number of aromatic nitrogens is 2. The van der Waals surface area contributed by atoms with Gasteiger partial charge in [-0.05, 0) is 38.8 Å². The first kappa shape index (κ1) is 18.5. The number of nitrogens with zero attached hydrogens (tertiary/aromatic N) is 2. The normalized spacial score (nSPS) is 20.2. The number of carbonyl (C=O) groups excluding carboxylic acids is 1. The Morgan fingerprint density at radius 2 is 2.12 bits per heavy atom. The highest BCUT2D eigenvalue weighted by Crippen LogP contribution is 2.20. The lowest BCUT2D eigenvalue weighted by atomic mass is 9.92. The molecule has 1 aromatic heterocycles. The topological polar surface area (TPSA) is 59.0 Å². The van der Waals surface area contributed by atoms with Crippen LogP contribution in [-0.2, 0) is 11.3 Å². The molecule has 3 rings (SSSR count). The molecule has 1 saturated heterocycles. The Balaban J connectivity index is 0.00000208. The van der Waals surface area contributed by atoms with E-state index in [1.54, 1.807) is 0 Å². The highest BCUT2D eigenvalue weighted by atomic mass is 35.5. The average Bonchev–Trinajstić information content (AvgIpc) is 2.87. The van der Waals surface area contributed by atoms with Gasteiger partial charge in [-0.1, -0.05) is 30.3 Å². The van der Waals surface area contributed by atoms with E-state index in [4.69, 9.17) is 0 Å². The number of hydrogen-bond acceptors (Lipinski definition) is 3. The van der Waals surface area contributed by atoms with Gasteiger partial charge in [0.15, 0.2) is 0 Å². The molecule has 2 heterocycles. The predicted molar refractivity (Wildman–Crippen MR) is 98.6 cm³/mol. The highest BCUT2D eigenvalue weighted by molar-refractivity contribution is 5.92. The molecule has 2 atom stereocenters. The molecule has 2 aromatic rings. The quantitative estimate of drug-likeness (QED) is 0.893. The second kappa shape index (κ2) is 8.31. The van der Waals surface area contributed by atoms with Crippen LogP contribution in [-0.4, -0.2) is 28.3 Å².